The average molecular weight is 422 g/mol. The Balaban J connectivity index is 1.52. The van der Waals surface area contributed by atoms with Crippen molar-refractivity contribution in [2.75, 3.05) is 19.0 Å². The fourth-order valence-corrected chi connectivity index (χ4v) is 3.49. The van der Waals surface area contributed by atoms with Crippen LogP contribution in [0.5, 0.6) is 5.75 Å². The quantitative estimate of drug-likeness (QED) is 0.552. The zero-order valence-electron chi connectivity index (χ0n) is 14.5. The number of thiazole rings is 1. The topological polar surface area (TPSA) is 63.2 Å². The number of hydrogen-bond donors (Lipinski definition) is 2. The number of methoxy groups -OCH3 is 1. The van der Waals surface area contributed by atoms with Gasteiger partial charge in [-0.3, -0.25) is 5.32 Å². The molecule has 2 amide bonds. The lowest BCUT2D eigenvalue weighted by atomic mass is 10.1. The lowest BCUT2D eigenvalue weighted by Crippen LogP contribution is -2.30. The largest absolute Gasteiger partial charge is 0.497 e. The molecule has 0 unspecified atom stereocenters. The Morgan fingerprint density at radius 3 is 2.70 bits per heavy atom. The van der Waals surface area contributed by atoms with Gasteiger partial charge in [0, 0.05) is 22.5 Å². The monoisotopic (exact) mass is 421 g/mol. The van der Waals surface area contributed by atoms with E-state index in [0.717, 1.165) is 23.3 Å². The summed E-state index contributed by atoms with van der Waals surface area (Å²) in [6, 6.07) is 12.6. The highest BCUT2D eigenvalue weighted by atomic mass is 35.5. The van der Waals surface area contributed by atoms with Gasteiger partial charge in [0.15, 0.2) is 5.13 Å². The number of benzene rings is 2. The van der Waals surface area contributed by atoms with E-state index in [-0.39, 0.29) is 6.03 Å². The molecule has 5 nitrogen and oxygen atoms in total. The van der Waals surface area contributed by atoms with Gasteiger partial charge in [0.1, 0.15) is 5.75 Å². The number of nitrogens with one attached hydrogen (secondary N) is 2. The third kappa shape index (κ3) is 5.35. The molecule has 0 aliphatic rings. The maximum Gasteiger partial charge on any atom is 0.321 e. The van der Waals surface area contributed by atoms with Gasteiger partial charge in [-0.05, 0) is 42.3 Å². The van der Waals surface area contributed by atoms with Crippen molar-refractivity contribution in [2.24, 2.45) is 0 Å². The smallest absolute Gasteiger partial charge is 0.321 e. The first-order valence-corrected chi connectivity index (χ1v) is 9.77. The highest BCUT2D eigenvalue weighted by Crippen LogP contribution is 2.32. The van der Waals surface area contributed by atoms with E-state index in [1.165, 1.54) is 11.3 Å². The average Bonchev–Trinajstić information content (AvgIpc) is 3.12. The molecule has 0 saturated heterocycles. The molecular formula is C19H17Cl2N3O2S. The number of anilines is 1. The number of urea groups is 1. The van der Waals surface area contributed by atoms with Crippen molar-refractivity contribution in [2.45, 2.75) is 6.42 Å². The van der Waals surface area contributed by atoms with Gasteiger partial charge in [0.2, 0.25) is 0 Å². The van der Waals surface area contributed by atoms with Crippen LogP contribution >= 0.6 is 34.5 Å². The van der Waals surface area contributed by atoms with Crippen molar-refractivity contribution in [1.29, 1.82) is 0 Å². The van der Waals surface area contributed by atoms with Crippen LogP contribution < -0.4 is 15.4 Å². The molecule has 2 aromatic carbocycles. The third-order valence-electron chi connectivity index (χ3n) is 3.79. The molecule has 0 aliphatic carbocycles. The maximum absolute atomic E-state index is 12.0. The van der Waals surface area contributed by atoms with Gasteiger partial charge in [-0.1, -0.05) is 35.3 Å². The standard InChI is InChI=1S/C19H17Cl2N3O2S/c1-26-14-5-2-12(3-6-14)8-9-22-18(25)24-19-23-17(11-27-19)15-10-13(20)4-7-16(15)21/h2-7,10-11H,8-9H2,1H3,(H2,22,23,24,25). The molecule has 3 aromatic rings. The van der Waals surface area contributed by atoms with Crippen LogP contribution in [0.2, 0.25) is 10.0 Å². The minimum atomic E-state index is -0.304. The Bertz CT molecular complexity index is 929. The SMILES string of the molecule is COc1ccc(CCNC(=O)Nc2nc(-c3cc(Cl)ccc3Cl)cs2)cc1. The molecule has 0 radical (unpaired) electrons. The number of hydrogen-bond acceptors (Lipinski definition) is 4. The van der Waals surface area contributed by atoms with Gasteiger partial charge in [-0.25, -0.2) is 9.78 Å². The van der Waals surface area contributed by atoms with Gasteiger partial charge in [-0.15, -0.1) is 11.3 Å². The zero-order chi connectivity index (χ0) is 19.2. The number of carbonyl (C=O) groups excluding carboxylic acids is 1. The summed E-state index contributed by atoms with van der Waals surface area (Å²) in [5.74, 6) is 0.809. The van der Waals surface area contributed by atoms with E-state index in [0.29, 0.717) is 27.4 Å². The van der Waals surface area contributed by atoms with Gasteiger partial charge in [0.25, 0.3) is 0 Å². The second-order valence-electron chi connectivity index (χ2n) is 5.64. The molecule has 0 atom stereocenters. The van der Waals surface area contributed by atoms with Crippen LogP contribution in [0.3, 0.4) is 0 Å². The van der Waals surface area contributed by atoms with Crippen LogP contribution in [0.25, 0.3) is 11.3 Å². The van der Waals surface area contributed by atoms with E-state index < -0.39 is 0 Å². The molecular weight excluding hydrogens is 405 g/mol. The molecule has 3 rings (SSSR count). The number of ether oxygens (including phenoxy) is 1. The Labute approximate surface area is 171 Å². The Kier molecular flexibility index (Phi) is 6.55. The highest BCUT2D eigenvalue weighted by molar-refractivity contribution is 7.14. The van der Waals surface area contributed by atoms with E-state index in [9.17, 15) is 4.79 Å². The molecule has 1 aromatic heterocycles. The van der Waals surface area contributed by atoms with E-state index in [1.54, 1.807) is 25.3 Å². The minimum absolute atomic E-state index is 0.304. The summed E-state index contributed by atoms with van der Waals surface area (Å²) in [5, 5.41) is 8.99. The van der Waals surface area contributed by atoms with Crippen molar-refractivity contribution in [3.05, 3.63) is 63.5 Å². The lowest BCUT2D eigenvalue weighted by Gasteiger charge is -2.06. The lowest BCUT2D eigenvalue weighted by molar-refractivity contribution is 0.252. The fourth-order valence-electron chi connectivity index (χ4n) is 2.40. The molecule has 0 fully saturated rings. The Morgan fingerprint density at radius 1 is 1.19 bits per heavy atom. The van der Waals surface area contributed by atoms with Crippen molar-refractivity contribution < 1.29 is 9.53 Å². The van der Waals surface area contributed by atoms with Crippen molar-refractivity contribution in [3.8, 4) is 17.0 Å². The van der Waals surface area contributed by atoms with Crippen molar-refractivity contribution in [1.82, 2.24) is 10.3 Å². The normalized spacial score (nSPS) is 10.5. The number of amides is 2. The third-order valence-corrected chi connectivity index (χ3v) is 5.11. The second-order valence-corrected chi connectivity index (χ2v) is 7.34. The minimum Gasteiger partial charge on any atom is -0.497 e. The van der Waals surface area contributed by atoms with Crippen LogP contribution in [-0.2, 0) is 6.42 Å². The van der Waals surface area contributed by atoms with Crippen LogP contribution in [0.4, 0.5) is 9.93 Å². The fraction of sp³-hybridized carbons (Fsp3) is 0.158. The van der Waals surface area contributed by atoms with E-state index in [4.69, 9.17) is 27.9 Å². The summed E-state index contributed by atoms with van der Waals surface area (Å²) < 4.78 is 5.12. The Hall–Kier alpha value is -2.28. The van der Waals surface area contributed by atoms with Crippen LogP contribution in [-0.4, -0.2) is 24.7 Å². The number of nitrogens with zero attached hydrogens (tertiary/aromatic N) is 1. The molecule has 27 heavy (non-hydrogen) atoms. The first-order valence-electron chi connectivity index (χ1n) is 8.14. The molecule has 0 bridgehead atoms. The highest BCUT2D eigenvalue weighted by Gasteiger charge is 2.11. The van der Waals surface area contributed by atoms with Crippen molar-refractivity contribution >= 4 is 45.7 Å². The van der Waals surface area contributed by atoms with Crippen LogP contribution in [0.15, 0.2) is 47.8 Å². The van der Waals surface area contributed by atoms with Crippen molar-refractivity contribution in [3.63, 3.8) is 0 Å². The zero-order valence-corrected chi connectivity index (χ0v) is 16.8. The first-order chi connectivity index (χ1) is 13.0. The van der Waals surface area contributed by atoms with Crippen LogP contribution in [0.1, 0.15) is 5.56 Å². The summed E-state index contributed by atoms with van der Waals surface area (Å²) in [6.45, 7) is 0.510. The summed E-state index contributed by atoms with van der Waals surface area (Å²) in [6.07, 6.45) is 0.721. The Morgan fingerprint density at radius 2 is 1.96 bits per heavy atom. The van der Waals surface area contributed by atoms with E-state index >= 15 is 0 Å². The van der Waals surface area contributed by atoms with Gasteiger partial charge >= 0.3 is 6.03 Å². The summed E-state index contributed by atoms with van der Waals surface area (Å²) in [5.41, 5.74) is 2.51. The number of rotatable bonds is 6. The van der Waals surface area contributed by atoms with Gasteiger partial charge in [0.05, 0.1) is 17.8 Å². The number of aromatic nitrogens is 1. The first kappa shape index (κ1) is 19.5. The van der Waals surface area contributed by atoms with E-state index in [1.807, 2.05) is 29.6 Å². The van der Waals surface area contributed by atoms with Gasteiger partial charge in [-0.2, -0.15) is 0 Å². The predicted molar refractivity (Wildman–Crippen MR) is 111 cm³/mol. The molecule has 2 N–H and O–H groups in total. The summed E-state index contributed by atoms with van der Waals surface area (Å²) in [4.78, 5) is 16.4. The molecule has 140 valence electrons. The number of halogens is 2. The predicted octanol–water partition coefficient (Wildman–Crippen LogP) is 5.49. The molecule has 0 spiro atoms. The maximum atomic E-state index is 12.0. The summed E-state index contributed by atoms with van der Waals surface area (Å²) >= 11 is 13.5. The van der Waals surface area contributed by atoms with Gasteiger partial charge < -0.3 is 10.1 Å². The molecule has 1 heterocycles. The number of carbonyl (C=O) groups is 1. The van der Waals surface area contributed by atoms with E-state index in [2.05, 4.69) is 15.6 Å². The molecule has 0 aliphatic heterocycles. The second kappa shape index (κ2) is 9.08. The molecule has 8 heteroatoms. The summed E-state index contributed by atoms with van der Waals surface area (Å²) in [7, 11) is 1.63. The molecule has 0 saturated carbocycles. The van der Waals surface area contributed by atoms with Crippen LogP contribution in [0, 0.1) is 0 Å².